The Bertz CT molecular complexity index is 1250. The molecule has 34 heavy (non-hydrogen) atoms. The van der Waals surface area contributed by atoms with Crippen LogP contribution in [0.4, 0.5) is 5.69 Å². The van der Waals surface area contributed by atoms with E-state index in [1.807, 2.05) is 31.2 Å². The van der Waals surface area contributed by atoms with Crippen LogP contribution in [0.1, 0.15) is 21.5 Å². The maximum atomic E-state index is 12.3. The molecule has 0 aromatic heterocycles. The number of phenols is 1. The van der Waals surface area contributed by atoms with Crippen LogP contribution in [-0.4, -0.2) is 36.9 Å². The van der Waals surface area contributed by atoms with Crippen molar-refractivity contribution in [3.05, 3.63) is 80.2 Å². The lowest BCUT2D eigenvalue weighted by Gasteiger charge is -2.12. The number of hydrogen-bond acceptors (Lipinski definition) is 6. The molecule has 3 aromatic carbocycles. The Morgan fingerprint density at radius 3 is 2.59 bits per heavy atom. The number of methoxy groups -OCH3 is 1. The fraction of sp³-hybridized carbons (Fsp3) is 0.125. The smallest absolute Gasteiger partial charge is 0.275 e. The van der Waals surface area contributed by atoms with E-state index in [9.17, 15) is 14.7 Å². The molecule has 0 fully saturated rings. The number of ether oxygens (including phenoxy) is 2. The van der Waals surface area contributed by atoms with Crippen molar-refractivity contribution in [3.8, 4) is 17.2 Å². The molecule has 176 valence electrons. The molecule has 10 heteroatoms. The minimum absolute atomic E-state index is 0.0590. The Morgan fingerprint density at radius 1 is 1.09 bits per heavy atom. The van der Waals surface area contributed by atoms with Gasteiger partial charge in [-0.2, -0.15) is 5.10 Å². The number of aromatic hydroxyl groups is 1. The van der Waals surface area contributed by atoms with Gasteiger partial charge < -0.3 is 19.9 Å². The molecular weight excluding hydrogens is 570 g/mol. The van der Waals surface area contributed by atoms with E-state index in [1.54, 1.807) is 24.3 Å². The highest BCUT2D eigenvalue weighted by Crippen LogP contribution is 2.31. The predicted octanol–water partition coefficient (Wildman–Crippen LogP) is 5.02. The number of phenolic OH excluding ortho intramolecular Hbond substituents is 1. The van der Waals surface area contributed by atoms with Gasteiger partial charge in [-0.25, -0.2) is 5.43 Å². The standard InChI is InChI=1S/C24H21Br2N3O5/c1-14-5-3-4-6-19(14)28-22(30)13-34-20-8-7-15(9-21(20)33-2)12-27-29-24(32)17-10-16(25)11-18(26)23(17)31/h3-12,31H,13H2,1-2H3,(H,28,30)(H,29,32)/b27-12-. The second-order valence-electron chi connectivity index (χ2n) is 7.04. The Balaban J connectivity index is 1.61. The van der Waals surface area contributed by atoms with E-state index in [0.29, 0.717) is 26.0 Å². The minimum Gasteiger partial charge on any atom is -0.506 e. The molecule has 0 saturated heterocycles. The van der Waals surface area contributed by atoms with Gasteiger partial charge in [-0.05, 0) is 70.4 Å². The van der Waals surface area contributed by atoms with E-state index in [1.165, 1.54) is 19.4 Å². The highest BCUT2D eigenvalue weighted by Gasteiger charge is 2.14. The van der Waals surface area contributed by atoms with Crippen LogP contribution in [0.3, 0.4) is 0 Å². The molecule has 0 bridgehead atoms. The van der Waals surface area contributed by atoms with Crippen LogP contribution in [0.25, 0.3) is 0 Å². The summed E-state index contributed by atoms with van der Waals surface area (Å²) in [5, 5.41) is 16.8. The number of amides is 2. The summed E-state index contributed by atoms with van der Waals surface area (Å²) >= 11 is 6.46. The van der Waals surface area contributed by atoms with Gasteiger partial charge in [0.05, 0.1) is 23.4 Å². The summed E-state index contributed by atoms with van der Waals surface area (Å²) in [4.78, 5) is 24.6. The SMILES string of the molecule is COc1cc(/C=N\NC(=O)c2cc(Br)cc(Br)c2O)ccc1OCC(=O)Nc1ccccc1C. The lowest BCUT2D eigenvalue weighted by atomic mass is 10.2. The quantitative estimate of drug-likeness (QED) is 0.252. The number of halogens is 2. The molecule has 3 aromatic rings. The van der Waals surface area contributed by atoms with E-state index in [0.717, 1.165) is 11.3 Å². The molecule has 0 aliphatic carbocycles. The van der Waals surface area contributed by atoms with Gasteiger partial charge in [-0.3, -0.25) is 9.59 Å². The number of nitrogens with zero attached hydrogens (tertiary/aromatic N) is 1. The number of carbonyl (C=O) groups is 2. The molecule has 0 unspecified atom stereocenters. The molecule has 3 N–H and O–H groups in total. The molecule has 0 radical (unpaired) electrons. The summed E-state index contributed by atoms with van der Waals surface area (Å²) in [6.45, 7) is 1.71. The van der Waals surface area contributed by atoms with Crippen LogP contribution in [0.2, 0.25) is 0 Å². The Morgan fingerprint density at radius 2 is 1.85 bits per heavy atom. The number of para-hydroxylation sites is 1. The lowest BCUT2D eigenvalue weighted by Crippen LogP contribution is -2.20. The normalized spacial score (nSPS) is 10.7. The van der Waals surface area contributed by atoms with Crippen LogP contribution in [-0.2, 0) is 4.79 Å². The molecule has 8 nitrogen and oxygen atoms in total. The molecule has 2 amide bonds. The van der Waals surface area contributed by atoms with Gasteiger partial charge in [0, 0.05) is 10.2 Å². The second kappa shape index (κ2) is 11.7. The number of hydrazone groups is 1. The monoisotopic (exact) mass is 589 g/mol. The number of aryl methyl sites for hydroxylation is 1. The molecule has 0 saturated carbocycles. The maximum absolute atomic E-state index is 12.3. The van der Waals surface area contributed by atoms with Crippen molar-refractivity contribution in [2.24, 2.45) is 5.10 Å². The highest BCUT2D eigenvalue weighted by atomic mass is 79.9. The number of hydrogen-bond donors (Lipinski definition) is 3. The minimum atomic E-state index is -0.581. The molecular formula is C24H21Br2N3O5. The highest BCUT2D eigenvalue weighted by molar-refractivity contribution is 9.11. The summed E-state index contributed by atoms with van der Waals surface area (Å²) in [6.07, 6.45) is 1.42. The van der Waals surface area contributed by atoms with Crippen LogP contribution in [0.5, 0.6) is 17.2 Å². The first-order valence-electron chi connectivity index (χ1n) is 9.96. The summed E-state index contributed by atoms with van der Waals surface area (Å²) in [5.74, 6) is -0.292. The van der Waals surface area contributed by atoms with Crippen LogP contribution in [0.15, 0.2) is 68.6 Å². The zero-order chi connectivity index (χ0) is 24.7. The molecule has 0 spiro atoms. The largest absolute Gasteiger partial charge is 0.506 e. The van der Waals surface area contributed by atoms with Gasteiger partial charge in [-0.15, -0.1) is 0 Å². The van der Waals surface area contributed by atoms with E-state index in [2.05, 4.69) is 47.7 Å². The maximum Gasteiger partial charge on any atom is 0.275 e. The van der Waals surface area contributed by atoms with Gasteiger partial charge in [0.1, 0.15) is 5.75 Å². The third kappa shape index (κ3) is 6.58. The first-order valence-corrected chi connectivity index (χ1v) is 11.5. The molecule has 0 aliphatic heterocycles. The molecule has 0 atom stereocenters. The van der Waals surface area contributed by atoms with Crippen LogP contribution < -0.4 is 20.2 Å². The van der Waals surface area contributed by atoms with E-state index in [4.69, 9.17) is 9.47 Å². The second-order valence-corrected chi connectivity index (χ2v) is 8.81. The van der Waals surface area contributed by atoms with Crippen molar-refractivity contribution >= 4 is 55.6 Å². The average Bonchev–Trinajstić information content (AvgIpc) is 2.81. The molecule has 0 heterocycles. The van der Waals surface area contributed by atoms with E-state index in [-0.39, 0.29) is 23.8 Å². The Hall–Kier alpha value is -3.37. The average molecular weight is 591 g/mol. The van der Waals surface area contributed by atoms with Gasteiger partial charge in [0.25, 0.3) is 11.8 Å². The van der Waals surface area contributed by atoms with Gasteiger partial charge in [-0.1, -0.05) is 34.1 Å². The van der Waals surface area contributed by atoms with Crippen molar-refractivity contribution in [1.82, 2.24) is 5.43 Å². The van der Waals surface area contributed by atoms with Gasteiger partial charge in [0.15, 0.2) is 18.1 Å². The first-order chi connectivity index (χ1) is 16.3. The number of anilines is 1. The van der Waals surface area contributed by atoms with E-state index < -0.39 is 5.91 Å². The summed E-state index contributed by atoms with van der Waals surface area (Å²) in [7, 11) is 1.48. The van der Waals surface area contributed by atoms with Crippen molar-refractivity contribution in [2.45, 2.75) is 6.92 Å². The predicted molar refractivity (Wildman–Crippen MR) is 137 cm³/mol. The number of benzene rings is 3. The zero-order valence-electron chi connectivity index (χ0n) is 18.3. The Labute approximate surface area is 213 Å². The van der Waals surface area contributed by atoms with Gasteiger partial charge >= 0.3 is 0 Å². The third-order valence-corrected chi connectivity index (χ3v) is 5.68. The van der Waals surface area contributed by atoms with Crippen LogP contribution in [0, 0.1) is 6.92 Å². The Kier molecular flexibility index (Phi) is 8.67. The number of nitrogens with one attached hydrogen (secondary N) is 2. The van der Waals surface area contributed by atoms with Crippen molar-refractivity contribution in [3.63, 3.8) is 0 Å². The zero-order valence-corrected chi connectivity index (χ0v) is 21.4. The molecule has 3 rings (SSSR count). The van der Waals surface area contributed by atoms with Crippen molar-refractivity contribution in [2.75, 3.05) is 19.0 Å². The summed E-state index contributed by atoms with van der Waals surface area (Å²) < 4.78 is 12.0. The summed E-state index contributed by atoms with van der Waals surface area (Å²) in [5.41, 5.74) is 4.72. The first kappa shape index (κ1) is 25.3. The lowest BCUT2D eigenvalue weighted by molar-refractivity contribution is -0.118. The van der Waals surface area contributed by atoms with Gasteiger partial charge in [0.2, 0.25) is 0 Å². The number of rotatable bonds is 8. The topological polar surface area (TPSA) is 109 Å². The van der Waals surface area contributed by atoms with Crippen molar-refractivity contribution in [1.29, 1.82) is 0 Å². The number of carbonyl (C=O) groups excluding carboxylic acids is 2. The molecule has 0 aliphatic rings. The van der Waals surface area contributed by atoms with E-state index >= 15 is 0 Å². The van der Waals surface area contributed by atoms with Crippen LogP contribution >= 0.6 is 31.9 Å². The van der Waals surface area contributed by atoms with Crippen molar-refractivity contribution < 1.29 is 24.2 Å². The fourth-order valence-corrected chi connectivity index (χ4v) is 4.12. The third-order valence-electron chi connectivity index (χ3n) is 4.62. The summed E-state index contributed by atoms with van der Waals surface area (Å²) in [6, 6.07) is 15.5. The fourth-order valence-electron chi connectivity index (χ4n) is 2.89.